The lowest BCUT2D eigenvalue weighted by molar-refractivity contribution is 0.103. The van der Waals surface area contributed by atoms with Gasteiger partial charge in [-0.05, 0) is 43.3 Å². The van der Waals surface area contributed by atoms with Gasteiger partial charge in [0.25, 0.3) is 0 Å². The molecule has 3 rings (SSSR count). The highest BCUT2D eigenvalue weighted by molar-refractivity contribution is 6.14. The number of carbonyl (C=O) groups excluding carboxylic acids is 1. The third-order valence-corrected chi connectivity index (χ3v) is 3.11. The molecule has 1 aromatic carbocycles. The summed E-state index contributed by atoms with van der Waals surface area (Å²) in [6.45, 7) is 1.84. The van der Waals surface area contributed by atoms with Gasteiger partial charge in [0.2, 0.25) is 0 Å². The molecular formula is C15H13N3O. The Balaban J connectivity index is 2.16. The summed E-state index contributed by atoms with van der Waals surface area (Å²) in [6, 6.07) is 12.6. The molecule has 0 aliphatic heterocycles. The van der Waals surface area contributed by atoms with E-state index in [9.17, 15) is 4.79 Å². The summed E-state index contributed by atoms with van der Waals surface area (Å²) in [7, 11) is 0. The van der Waals surface area contributed by atoms with Crippen molar-refractivity contribution in [1.82, 2.24) is 9.61 Å². The highest BCUT2D eigenvalue weighted by Crippen LogP contribution is 2.19. The van der Waals surface area contributed by atoms with Crippen molar-refractivity contribution in [3.63, 3.8) is 0 Å². The van der Waals surface area contributed by atoms with Crippen LogP contribution in [0.4, 0.5) is 5.69 Å². The molecule has 4 nitrogen and oxygen atoms in total. The smallest absolute Gasteiger partial charge is 0.197 e. The highest BCUT2D eigenvalue weighted by atomic mass is 16.1. The second-order valence-corrected chi connectivity index (χ2v) is 4.44. The lowest BCUT2D eigenvalue weighted by Gasteiger charge is -2.01. The van der Waals surface area contributed by atoms with Crippen molar-refractivity contribution < 1.29 is 4.79 Å². The van der Waals surface area contributed by atoms with Gasteiger partial charge in [0.1, 0.15) is 0 Å². The Labute approximate surface area is 110 Å². The molecule has 0 bridgehead atoms. The number of hydrogen-bond donors (Lipinski definition) is 1. The van der Waals surface area contributed by atoms with Gasteiger partial charge in [-0.15, -0.1) is 0 Å². The minimum absolute atomic E-state index is 0.0290. The molecule has 0 saturated carbocycles. The molecule has 0 radical (unpaired) electrons. The third-order valence-electron chi connectivity index (χ3n) is 3.11. The van der Waals surface area contributed by atoms with Crippen molar-refractivity contribution in [2.24, 2.45) is 0 Å². The Bertz CT molecular complexity index is 757. The summed E-state index contributed by atoms with van der Waals surface area (Å²) in [5, 5.41) is 4.35. The molecule has 0 unspecified atom stereocenters. The third kappa shape index (κ3) is 1.87. The molecule has 0 amide bonds. The Morgan fingerprint density at radius 3 is 2.63 bits per heavy atom. The summed E-state index contributed by atoms with van der Waals surface area (Å²) in [4.78, 5) is 12.6. The van der Waals surface area contributed by atoms with Gasteiger partial charge in [-0.25, -0.2) is 4.52 Å². The zero-order valence-electron chi connectivity index (χ0n) is 10.5. The molecule has 0 atom stereocenters. The lowest BCUT2D eigenvalue weighted by atomic mass is 10.0. The van der Waals surface area contributed by atoms with E-state index >= 15 is 0 Å². The molecule has 0 saturated heterocycles. The van der Waals surface area contributed by atoms with Gasteiger partial charge in [0.15, 0.2) is 5.78 Å². The highest BCUT2D eigenvalue weighted by Gasteiger charge is 2.18. The van der Waals surface area contributed by atoms with Crippen LogP contribution in [0.2, 0.25) is 0 Å². The number of benzene rings is 1. The van der Waals surface area contributed by atoms with Crippen LogP contribution in [-0.2, 0) is 0 Å². The number of aromatic nitrogens is 2. The van der Waals surface area contributed by atoms with Gasteiger partial charge in [-0.3, -0.25) is 4.79 Å². The van der Waals surface area contributed by atoms with E-state index in [0.29, 0.717) is 16.8 Å². The van der Waals surface area contributed by atoms with Crippen molar-refractivity contribution in [3.8, 4) is 0 Å². The zero-order valence-corrected chi connectivity index (χ0v) is 10.5. The fraction of sp³-hybridized carbons (Fsp3) is 0.0667. The summed E-state index contributed by atoms with van der Waals surface area (Å²) in [5.41, 5.74) is 9.10. The predicted octanol–water partition coefficient (Wildman–Crippen LogP) is 2.46. The second-order valence-electron chi connectivity index (χ2n) is 4.44. The van der Waals surface area contributed by atoms with Gasteiger partial charge in [0, 0.05) is 17.4 Å². The summed E-state index contributed by atoms with van der Waals surface area (Å²) >= 11 is 0. The quantitative estimate of drug-likeness (QED) is 0.562. The number of anilines is 1. The minimum Gasteiger partial charge on any atom is -0.399 e. The largest absolute Gasteiger partial charge is 0.399 e. The Morgan fingerprint density at radius 2 is 1.89 bits per heavy atom. The number of nitrogen functional groups attached to an aromatic ring is 1. The Kier molecular flexibility index (Phi) is 2.56. The fourth-order valence-corrected chi connectivity index (χ4v) is 2.18. The maximum atomic E-state index is 12.6. The Hall–Kier alpha value is -2.62. The fourth-order valence-electron chi connectivity index (χ4n) is 2.18. The normalized spacial score (nSPS) is 10.8. The first kappa shape index (κ1) is 11.5. The number of rotatable bonds is 2. The summed E-state index contributed by atoms with van der Waals surface area (Å²) < 4.78 is 1.72. The molecule has 2 heterocycles. The lowest BCUT2D eigenvalue weighted by Crippen LogP contribution is -2.02. The van der Waals surface area contributed by atoms with Crippen molar-refractivity contribution in [2.75, 3.05) is 5.73 Å². The van der Waals surface area contributed by atoms with Crippen molar-refractivity contribution >= 4 is 17.0 Å². The number of fused-ring (bicyclic) bond motifs is 1. The average Bonchev–Trinajstić information content (AvgIpc) is 2.74. The van der Waals surface area contributed by atoms with E-state index in [0.717, 1.165) is 11.2 Å². The van der Waals surface area contributed by atoms with Gasteiger partial charge in [-0.1, -0.05) is 6.07 Å². The van der Waals surface area contributed by atoms with E-state index in [4.69, 9.17) is 5.73 Å². The van der Waals surface area contributed by atoms with Crippen LogP contribution in [0.15, 0.2) is 48.7 Å². The van der Waals surface area contributed by atoms with Crippen LogP contribution >= 0.6 is 0 Å². The van der Waals surface area contributed by atoms with Crippen LogP contribution in [-0.4, -0.2) is 15.4 Å². The number of carbonyl (C=O) groups is 1. The van der Waals surface area contributed by atoms with Crippen molar-refractivity contribution in [3.05, 3.63) is 65.5 Å². The molecule has 0 aliphatic carbocycles. The molecule has 0 aliphatic rings. The standard InChI is InChI=1S/C15H13N3O/c1-10-14(13-4-2-3-9-18(13)17-10)15(19)11-5-7-12(16)8-6-11/h2-9H,16H2,1H3. The Morgan fingerprint density at radius 1 is 1.16 bits per heavy atom. The monoisotopic (exact) mass is 251 g/mol. The number of nitrogens with two attached hydrogens (primary N) is 1. The zero-order chi connectivity index (χ0) is 13.4. The number of ketones is 1. The van der Waals surface area contributed by atoms with Gasteiger partial charge in [-0.2, -0.15) is 5.10 Å². The van der Waals surface area contributed by atoms with Crippen LogP contribution in [0.25, 0.3) is 5.52 Å². The number of nitrogens with zero attached hydrogens (tertiary/aromatic N) is 2. The molecule has 4 heteroatoms. The van der Waals surface area contributed by atoms with E-state index in [-0.39, 0.29) is 5.78 Å². The number of aryl methyl sites for hydroxylation is 1. The van der Waals surface area contributed by atoms with Crippen molar-refractivity contribution in [1.29, 1.82) is 0 Å². The summed E-state index contributed by atoms with van der Waals surface area (Å²) in [5.74, 6) is -0.0290. The molecule has 0 spiro atoms. The number of hydrogen-bond acceptors (Lipinski definition) is 3. The molecule has 94 valence electrons. The minimum atomic E-state index is -0.0290. The predicted molar refractivity (Wildman–Crippen MR) is 74.2 cm³/mol. The van der Waals surface area contributed by atoms with Gasteiger partial charge in [0.05, 0.1) is 16.8 Å². The first-order chi connectivity index (χ1) is 9.16. The molecule has 19 heavy (non-hydrogen) atoms. The van der Waals surface area contributed by atoms with E-state index in [2.05, 4.69) is 5.10 Å². The maximum Gasteiger partial charge on any atom is 0.197 e. The van der Waals surface area contributed by atoms with Gasteiger partial charge >= 0.3 is 0 Å². The van der Waals surface area contributed by atoms with Crippen LogP contribution in [0.1, 0.15) is 21.6 Å². The molecule has 0 fully saturated rings. The van der Waals surface area contributed by atoms with Crippen LogP contribution in [0.3, 0.4) is 0 Å². The molecule has 2 aromatic heterocycles. The molecular weight excluding hydrogens is 238 g/mol. The van der Waals surface area contributed by atoms with E-state index in [1.807, 2.05) is 31.3 Å². The van der Waals surface area contributed by atoms with Crippen molar-refractivity contribution in [2.45, 2.75) is 6.92 Å². The van der Waals surface area contributed by atoms with Crippen LogP contribution in [0.5, 0.6) is 0 Å². The first-order valence-corrected chi connectivity index (χ1v) is 6.01. The summed E-state index contributed by atoms with van der Waals surface area (Å²) in [6.07, 6.45) is 1.84. The average molecular weight is 251 g/mol. The van der Waals surface area contributed by atoms with Gasteiger partial charge < -0.3 is 5.73 Å². The van der Waals surface area contributed by atoms with E-state index < -0.39 is 0 Å². The van der Waals surface area contributed by atoms with Crippen LogP contribution in [0, 0.1) is 6.92 Å². The topological polar surface area (TPSA) is 60.4 Å². The van der Waals surface area contributed by atoms with E-state index in [1.165, 1.54) is 0 Å². The molecule has 3 aromatic rings. The van der Waals surface area contributed by atoms with E-state index in [1.54, 1.807) is 28.8 Å². The first-order valence-electron chi connectivity index (χ1n) is 6.01. The SMILES string of the molecule is Cc1nn2ccccc2c1C(=O)c1ccc(N)cc1. The maximum absolute atomic E-state index is 12.6. The second kappa shape index (κ2) is 4.24. The van der Waals surface area contributed by atoms with Crippen LogP contribution < -0.4 is 5.73 Å². The number of pyridine rings is 1. The molecule has 2 N–H and O–H groups in total.